The first kappa shape index (κ1) is 14.6. The highest BCUT2D eigenvalue weighted by Gasteiger charge is 2.36. The molecule has 102 valence electrons. The fourth-order valence-electron chi connectivity index (χ4n) is 1.60. The molecule has 18 heavy (non-hydrogen) atoms. The van der Waals surface area contributed by atoms with Crippen LogP contribution < -0.4 is 0 Å². The van der Waals surface area contributed by atoms with E-state index in [1.165, 1.54) is 4.57 Å². The zero-order valence-electron chi connectivity index (χ0n) is 10.2. The number of nitrogens with zero attached hydrogens (tertiary/aromatic N) is 2. The van der Waals surface area contributed by atoms with E-state index in [9.17, 15) is 18.0 Å². The summed E-state index contributed by atoms with van der Waals surface area (Å²) in [5.41, 5.74) is -1.80. The van der Waals surface area contributed by atoms with Crippen molar-refractivity contribution < 1.29 is 23.1 Å². The summed E-state index contributed by atoms with van der Waals surface area (Å²) < 4.78 is 39.0. The normalized spacial score (nSPS) is 12.1. The van der Waals surface area contributed by atoms with Crippen molar-refractivity contribution in [3.05, 3.63) is 23.5 Å². The number of alkyl halides is 3. The summed E-state index contributed by atoms with van der Waals surface area (Å²) in [6.07, 6.45) is -2.11. The summed E-state index contributed by atoms with van der Waals surface area (Å²) in [7, 11) is 3.72. The van der Waals surface area contributed by atoms with Crippen molar-refractivity contribution in [2.24, 2.45) is 0 Å². The minimum absolute atomic E-state index is 0.356. The molecule has 1 N–H and O–H groups in total. The van der Waals surface area contributed by atoms with Gasteiger partial charge in [0.2, 0.25) is 0 Å². The Labute approximate surface area is 103 Å². The molecule has 1 aromatic heterocycles. The molecule has 0 unspecified atom stereocenters. The van der Waals surface area contributed by atoms with E-state index in [1.807, 2.05) is 19.0 Å². The van der Waals surface area contributed by atoms with Crippen LogP contribution in [-0.2, 0) is 12.7 Å². The van der Waals surface area contributed by atoms with Crippen LogP contribution in [0.4, 0.5) is 13.2 Å². The van der Waals surface area contributed by atoms with Crippen LogP contribution in [0.15, 0.2) is 12.4 Å². The van der Waals surface area contributed by atoms with Crippen LogP contribution in [0.3, 0.4) is 0 Å². The lowest BCUT2D eigenvalue weighted by Gasteiger charge is -2.09. The lowest BCUT2D eigenvalue weighted by molar-refractivity contribution is -0.138. The molecule has 1 aromatic rings. The molecule has 0 fully saturated rings. The molecule has 7 heteroatoms. The van der Waals surface area contributed by atoms with E-state index < -0.39 is 23.3 Å². The predicted molar refractivity (Wildman–Crippen MR) is 59.6 cm³/mol. The van der Waals surface area contributed by atoms with Gasteiger partial charge in [-0.05, 0) is 27.1 Å². The van der Waals surface area contributed by atoms with Crippen molar-refractivity contribution in [1.29, 1.82) is 0 Å². The Hall–Kier alpha value is -1.50. The van der Waals surface area contributed by atoms with E-state index in [4.69, 9.17) is 5.11 Å². The van der Waals surface area contributed by atoms with Gasteiger partial charge in [0.05, 0.1) is 11.1 Å². The highest BCUT2D eigenvalue weighted by atomic mass is 19.4. The van der Waals surface area contributed by atoms with E-state index in [1.54, 1.807) is 0 Å². The summed E-state index contributed by atoms with van der Waals surface area (Å²) in [6, 6.07) is 0. The number of halogens is 3. The van der Waals surface area contributed by atoms with Gasteiger partial charge in [-0.1, -0.05) is 0 Å². The van der Waals surface area contributed by atoms with Gasteiger partial charge in [0.25, 0.3) is 0 Å². The molecule has 0 saturated heterocycles. The topological polar surface area (TPSA) is 45.5 Å². The molecule has 0 radical (unpaired) electrons. The fourth-order valence-corrected chi connectivity index (χ4v) is 1.60. The Kier molecular flexibility index (Phi) is 4.39. The largest absolute Gasteiger partial charge is 0.478 e. The number of carboxylic acids is 1. The lowest BCUT2D eigenvalue weighted by atomic mass is 10.2. The molecule has 4 nitrogen and oxygen atoms in total. The number of carboxylic acid groups (broad SMARTS) is 1. The van der Waals surface area contributed by atoms with Gasteiger partial charge in [0.15, 0.2) is 0 Å². The van der Waals surface area contributed by atoms with E-state index in [0.717, 1.165) is 18.9 Å². The van der Waals surface area contributed by atoms with Crippen LogP contribution in [-0.4, -0.2) is 41.2 Å². The van der Waals surface area contributed by atoms with Gasteiger partial charge < -0.3 is 14.6 Å². The van der Waals surface area contributed by atoms with Gasteiger partial charge in [0.1, 0.15) is 0 Å². The zero-order valence-corrected chi connectivity index (χ0v) is 10.2. The molecule has 0 spiro atoms. The second-order valence-corrected chi connectivity index (χ2v) is 4.28. The maximum absolute atomic E-state index is 12.6. The second-order valence-electron chi connectivity index (χ2n) is 4.28. The van der Waals surface area contributed by atoms with Gasteiger partial charge in [-0.15, -0.1) is 0 Å². The summed E-state index contributed by atoms with van der Waals surface area (Å²) in [6.45, 7) is 1.08. The van der Waals surface area contributed by atoms with Crippen LogP contribution in [0.5, 0.6) is 0 Å². The number of aromatic carboxylic acids is 1. The zero-order chi connectivity index (χ0) is 13.9. The van der Waals surface area contributed by atoms with Crippen molar-refractivity contribution in [3.63, 3.8) is 0 Å². The van der Waals surface area contributed by atoms with Crippen LogP contribution in [0, 0.1) is 0 Å². The molecular formula is C11H15F3N2O2. The maximum atomic E-state index is 12.6. The van der Waals surface area contributed by atoms with Crippen LogP contribution in [0.25, 0.3) is 0 Å². The molecule has 0 aromatic carbocycles. The van der Waals surface area contributed by atoms with Crippen molar-refractivity contribution in [1.82, 2.24) is 9.47 Å². The van der Waals surface area contributed by atoms with Gasteiger partial charge in [-0.3, -0.25) is 0 Å². The second kappa shape index (κ2) is 5.43. The third-order valence-electron chi connectivity index (χ3n) is 2.44. The summed E-state index contributed by atoms with van der Waals surface area (Å²) in [4.78, 5) is 12.7. The van der Waals surface area contributed by atoms with Gasteiger partial charge in [0, 0.05) is 18.9 Å². The van der Waals surface area contributed by atoms with E-state index in [2.05, 4.69) is 0 Å². The highest BCUT2D eigenvalue weighted by Crippen LogP contribution is 2.32. The Morgan fingerprint density at radius 1 is 1.39 bits per heavy atom. The maximum Gasteiger partial charge on any atom is 0.418 e. The Morgan fingerprint density at radius 2 is 2.00 bits per heavy atom. The van der Waals surface area contributed by atoms with Crippen molar-refractivity contribution in [2.45, 2.75) is 19.1 Å². The van der Waals surface area contributed by atoms with Gasteiger partial charge in [-0.2, -0.15) is 13.2 Å². The minimum atomic E-state index is -4.64. The molecule has 0 aliphatic carbocycles. The molecule has 1 heterocycles. The Morgan fingerprint density at radius 3 is 2.39 bits per heavy atom. The smallest absolute Gasteiger partial charge is 0.418 e. The Bertz CT molecular complexity index is 424. The lowest BCUT2D eigenvalue weighted by Crippen LogP contribution is -2.14. The van der Waals surface area contributed by atoms with Crippen LogP contribution >= 0.6 is 0 Å². The van der Waals surface area contributed by atoms with Crippen LogP contribution in [0.1, 0.15) is 22.3 Å². The molecular weight excluding hydrogens is 249 g/mol. The fraction of sp³-hybridized carbons (Fsp3) is 0.545. The summed E-state index contributed by atoms with van der Waals surface area (Å²) >= 11 is 0. The molecule has 0 aliphatic heterocycles. The van der Waals surface area contributed by atoms with Crippen LogP contribution in [0.2, 0.25) is 0 Å². The van der Waals surface area contributed by atoms with Gasteiger partial charge in [-0.25, -0.2) is 4.79 Å². The molecule has 0 aliphatic rings. The molecule has 0 atom stereocenters. The number of aryl methyl sites for hydroxylation is 1. The summed E-state index contributed by atoms with van der Waals surface area (Å²) in [5, 5.41) is 8.73. The first-order valence-electron chi connectivity index (χ1n) is 5.37. The first-order valence-corrected chi connectivity index (χ1v) is 5.37. The minimum Gasteiger partial charge on any atom is -0.478 e. The van der Waals surface area contributed by atoms with Crippen molar-refractivity contribution in [3.8, 4) is 0 Å². The molecule has 0 bridgehead atoms. The SMILES string of the molecule is CN(C)CCCn1cc(C(=O)O)c(C(F)(F)F)c1. The standard InChI is InChI=1S/C11H15F3N2O2/c1-15(2)4-3-5-16-6-8(10(17)18)9(7-16)11(12,13)14/h6-7H,3-5H2,1-2H3,(H,17,18). The average molecular weight is 264 g/mol. The third-order valence-corrected chi connectivity index (χ3v) is 2.44. The highest BCUT2D eigenvalue weighted by molar-refractivity contribution is 5.89. The van der Waals surface area contributed by atoms with E-state index >= 15 is 0 Å². The number of rotatable bonds is 5. The van der Waals surface area contributed by atoms with Crippen molar-refractivity contribution in [2.75, 3.05) is 20.6 Å². The number of hydrogen-bond donors (Lipinski definition) is 1. The molecule has 1 rings (SSSR count). The number of hydrogen-bond acceptors (Lipinski definition) is 2. The van der Waals surface area contributed by atoms with E-state index in [-0.39, 0.29) is 0 Å². The first-order chi connectivity index (χ1) is 8.21. The summed E-state index contributed by atoms with van der Waals surface area (Å²) in [5.74, 6) is -1.56. The quantitative estimate of drug-likeness (QED) is 0.886. The average Bonchev–Trinajstić information content (AvgIpc) is 2.60. The van der Waals surface area contributed by atoms with Crippen molar-refractivity contribution >= 4 is 5.97 Å². The number of aromatic nitrogens is 1. The predicted octanol–water partition coefficient (Wildman–Crippen LogP) is 2.16. The molecule has 0 amide bonds. The Balaban J connectivity index is 2.86. The monoisotopic (exact) mass is 264 g/mol. The third kappa shape index (κ3) is 3.76. The number of carbonyl (C=O) groups is 1. The van der Waals surface area contributed by atoms with Gasteiger partial charge >= 0.3 is 12.1 Å². The molecule has 0 saturated carbocycles. The van der Waals surface area contributed by atoms with E-state index in [0.29, 0.717) is 13.0 Å².